The van der Waals surface area contributed by atoms with Crippen molar-refractivity contribution in [2.24, 2.45) is 11.7 Å². The quantitative estimate of drug-likeness (QED) is 0.871. The number of piperidine rings is 1. The molecule has 2 N–H and O–H groups in total. The minimum absolute atomic E-state index is 0.00530. The zero-order chi connectivity index (χ0) is 16.1. The number of nitrogens with two attached hydrogens (primary N) is 1. The van der Waals surface area contributed by atoms with Gasteiger partial charge in [0.15, 0.2) is 0 Å². The Hall–Kier alpha value is -1.43. The molecule has 2 amide bonds. The Morgan fingerprint density at radius 2 is 2.18 bits per heavy atom. The second-order valence-electron chi connectivity index (χ2n) is 5.85. The molecule has 0 saturated carbocycles. The minimum Gasteiger partial charge on any atom is -0.464 e. The van der Waals surface area contributed by atoms with Crippen molar-refractivity contribution in [3.63, 3.8) is 0 Å². The number of amides is 2. The summed E-state index contributed by atoms with van der Waals surface area (Å²) in [5, 5.41) is 0. The van der Waals surface area contributed by atoms with Crippen LogP contribution in [0, 0.1) is 5.92 Å². The highest BCUT2D eigenvalue weighted by Crippen LogP contribution is 2.35. The predicted molar refractivity (Wildman–Crippen MR) is 87.5 cm³/mol. The van der Waals surface area contributed by atoms with Crippen LogP contribution < -0.4 is 5.73 Å². The standard InChI is InChI=1S/C16H24N2O3S/c1-3-12-4-5-14(21-12)13-8-11(2)6-7-18(13)16(20)10-22-9-15(17)19/h4-5,11,13H,3,6-10H2,1-2H3,(H2,17,19). The molecule has 2 unspecified atom stereocenters. The van der Waals surface area contributed by atoms with Crippen LogP contribution in [0.1, 0.15) is 44.3 Å². The molecule has 0 radical (unpaired) electrons. The largest absolute Gasteiger partial charge is 0.464 e. The number of rotatable bonds is 6. The van der Waals surface area contributed by atoms with Gasteiger partial charge in [-0.05, 0) is 30.9 Å². The van der Waals surface area contributed by atoms with E-state index in [1.165, 1.54) is 11.8 Å². The fourth-order valence-corrected chi connectivity index (χ4v) is 3.44. The van der Waals surface area contributed by atoms with Crippen molar-refractivity contribution < 1.29 is 14.0 Å². The lowest BCUT2D eigenvalue weighted by Crippen LogP contribution is -2.41. The van der Waals surface area contributed by atoms with Gasteiger partial charge in [0.25, 0.3) is 0 Å². The molecule has 22 heavy (non-hydrogen) atoms. The minimum atomic E-state index is -0.389. The average Bonchev–Trinajstić information content (AvgIpc) is 2.95. The molecule has 2 heterocycles. The van der Waals surface area contributed by atoms with E-state index in [0.29, 0.717) is 5.92 Å². The van der Waals surface area contributed by atoms with Gasteiger partial charge >= 0.3 is 0 Å². The molecule has 1 aromatic rings. The van der Waals surface area contributed by atoms with Crippen molar-refractivity contribution >= 4 is 23.6 Å². The molecule has 1 aliphatic heterocycles. The highest BCUT2D eigenvalue weighted by molar-refractivity contribution is 8.00. The summed E-state index contributed by atoms with van der Waals surface area (Å²) in [6.07, 6.45) is 2.78. The Labute approximate surface area is 135 Å². The molecule has 0 aromatic carbocycles. The molecular weight excluding hydrogens is 300 g/mol. The van der Waals surface area contributed by atoms with E-state index in [2.05, 4.69) is 13.8 Å². The molecule has 0 spiro atoms. The van der Waals surface area contributed by atoms with Gasteiger partial charge < -0.3 is 15.1 Å². The Kier molecular flexibility index (Phi) is 5.94. The van der Waals surface area contributed by atoms with Crippen LogP contribution in [-0.2, 0) is 16.0 Å². The molecule has 1 aromatic heterocycles. The van der Waals surface area contributed by atoms with Gasteiger partial charge in [-0.2, -0.15) is 0 Å². The van der Waals surface area contributed by atoms with Gasteiger partial charge in [-0.3, -0.25) is 9.59 Å². The number of nitrogens with zero attached hydrogens (tertiary/aromatic N) is 1. The van der Waals surface area contributed by atoms with Gasteiger partial charge in [-0.15, -0.1) is 11.8 Å². The third-order valence-corrected chi connectivity index (χ3v) is 4.95. The van der Waals surface area contributed by atoms with E-state index >= 15 is 0 Å². The van der Waals surface area contributed by atoms with Crippen molar-refractivity contribution in [1.82, 2.24) is 4.90 Å². The van der Waals surface area contributed by atoms with Crippen LogP contribution in [0.4, 0.5) is 0 Å². The first-order chi connectivity index (χ1) is 10.5. The summed E-state index contributed by atoms with van der Waals surface area (Å²) in [5.41, 5.74) is 5.11. The number of carbonyl (C=O) groups is 2. The summed E-state index contributed by atoms with van der Waals surface area (Å²) >= 11 is 1.27. The summed E-state index contributed by atoms with van der Waals surface area (Å²) in [6.45, 7) is 5.00. The zero-order valence-electron chi connectivity index (χ0n) is 13.2. The molecule has 6 heteroatoms. The maximum Gasteiger partial charge on any atom is 0.233 e. The average molecular weight is 324 g/mol. The second-order valence-corrected chi connectivity index (χ2v) is 6.83. The Morgan fingerprint density at radius 1 is 1.41 bits per heavy atom. The van der Waals surface area contributed by atoms with Gasteiger partial charge in [-0.1, -0.05) is 13.8 Å². The number of furan rings is 1. The molecule has 2 rings (SSSR count). The summed E-state index contributed by atoms with van der Waals surface area (Å²) in [7, 11) is 0. The van der Waals surface area contributed by atoms with Crippen molar-refractivity contribution in [2.75, 3.05) is 18.1 Å². The van der Waals surface area contributed by atoms with E-state index in [1.54, 1.807) is 0 Å². The van der Waals surface area contributed by atoms with Gasteiger partial charge in [0.2, 0.25) is 11.8 Å². The highest BCUT2D eigenvalue weighted by Gasteiger charge is 2.32. The number of hydrogen-bond acceptors (Lipinski definition) is 4. The molecule has 1 aliphatic rings. The van der Waals surface area contributed by atoms with Crippen molar-refractivity contribution in [3.8, 4) is 0 Å². The Balaban J connectivity index is 2.05. The van der Waals surface area contributed by atoms with Crippen LogP contribution in [-0.4, -0.2) is 34.8 Å². The van der Waals surface area contributed by atoms with Crippen LogP contribution in [0.3, 0.4) is 0 Å². The van der Waals surface area contributed by atoms with Crippen LogP contribution in [0.25, 0.3) is 0 Å². The summed E-state index contributed by atoms with van der Waals surface area (Å²) in [5.74, 6) is 2.53. The Morgan fingerprint density at radius 3 is 2.82 bits per heavy atom. The number of carbonyl (C=O) groups excluding carboxylic acids is 2. The number of hydrogen-bond donors (Lipinski definition) is 1. The monoisotopic (exact) mass is 324 g/mol. The van der Waals surface area contributed by atoms with E-state index in [1.807, 2.05) is 17.0 Å². The smallest absolute Gasteiger partial charge is 0.233 e. The molecule has 0 aliphatic carbocycles. The van der Waals surface area contributed by atoms with E-state index < -0.39 is 0 Å². The van der Waals surface area contributed by atoms with Crippen LogP contribution in [0.5, 0.6) is 0 Å². The van der Waals surface area contributed by atoms with Gasteiger partial charge in [-0.25, -0.2) is 0 Å². The summed E-state index contributed by atoms with van der Waals surface area (Å²) in [6, 6.07) is 3.98. The number of thioether (sulfide) groups is 1. The molecule has 5 nitrogen and oxygen atoms in total. The summed E-state index contributed by atoms with van der Waals surface area (Å²) in [4.78, 5) is 25.1. The van der Waals surface area contributed by atoms with E-state index in [4.69, 9.17) is 10.2 Å². The summed E-state index contributed by atoms with van der Waals surface area (Å²) < 4.78 is 5.87. The SMILES string of the molecule is CCc1ccc(C2CC(C)CCN2C(=O)CSCC(N)=O)o1. The van der Waals surface area contributed by atoms with Gasteiger partial charge in [0.05, 0.1) is 17.5 Å². The van der Waals surface area contributed by atoms with Gasteiger partial charge in [0, 0.05) is 13.0 Å². The van der Waals surface area contributed by atoms with Crippen molar-refractivity contribution in [2.45, 2.75) is 39.2 Å². The first-order valence-electron chi connectivity index (χ1n) is 7.75. The second kappa shape index (κ2) is 7.72. The topological polar surface area (TPSA) is 76.5 Å². The van der Waals surface area contributed by atoms with E-state index in [-0.39, 0.29) is 29.4 Å². The van der Waals surface area contributed by atoms with E-state index in [0.717, 1.165) is 37.3 Å². The van der Waals surface area contributed by atoms with Crippen molar-refractivity contribution in [3.05, 3.63) is 23.7 Å². The zero-order valence-corrected chi connectivity index (χ0v) is 14.0. The lowest BCUT2D eigenvalue weighted by Gasteiger charge is -2.37. The van der Waals surface area contributed by atoms with Crippen molar-refractivity contribution in [1.29, 1.82) is 0 Å². The third-order valence-electron chi connectivity index (χ3n) is 4.01. The molecule has 1 fully saturated rings. The number of likely N-dealkylation sites (tertiary alicyclic amines) is 1. The lowest BCUT2D eigenvalue weighted by molar-refractivity contribution is -0.133. The highest BCUT2D eigenvalue weighted by atomic mass is 32.2. The van der Waals surface area contributed by atoms with Gasteiger partial charge in [0.1, 0.15) is 11.5 Å². The number of aryl methyl sites for hydroxylation is 1. The van der Waals surface area contributed by atoms with Crippen LogP contribution in [0.2, 0.25) is 0 Å². The van der Waals surface area contributed by atoms with Crippen LogP contribution in [0.15, 0.2) is 16.5 Å². The predicted octanol–water partition coefficient (Wildman–Crippen LogP) is 2.36. The maximum atomic E-state index is 12.5. The van der Waals surface area contributed by atoms with Crippen LogP contribution >= 0.6 is 11.8 Å². The third kappa shape index (κ3) is 4.29. The Bertz CT molecular complexity index is 529. The normalized spacial score (nSPS) is 21.8. The fraction of sp³-hybridized carbons (Fsp3) is 0.625. The van der Waals surface area contributed by atoms with E-state index in [9.17, 15) is 9.59 Å². The first kappa shape index (κ1) is 16.9. The first-order valence-corrected chi connectivity index (χ1v) is 8.90. The fourth-order valence-electron chi connectivity index (χ4n) is 2.80. The molecule has 122 valence electrons. The lowest BCUT2D eigenvalue weighted by atomic mass is 9.91. The molecule has 0 bridgehead atoms. The number of primary amides is 1. The molecular formula is C16H24N2O3S. The maximum absolute atomic E-state index is 12.5. The molecule has 2 atom stereocenters. The molecule has 1 saturated heterocycles.